The Bertz CT molecular complexity index is 937. The normalized spacial score (nSPS) is 11.9. The Morgan fingerprint density at radius 3 is 2.70 bits per heavy atom. The molecule has 0 saturated carbocycles. The lowest BCUT2D eigenvalue weighted by atomic mass is 10.0. The van der Waals surface area contributed by atoms with Crippen molar-refractivity contribution in [2.45, 2.75) is 26.3 Å². The summed E-state index contributed by atoms with van der Waals surface area (Å²) in [4.78, 5) is 24.1. The summed E-state index contributed by atoms with van der Waals surface area (Å²) in [5.41, 5.74) is 2.95. The minimum absolute atomic E-state index is 0.175. The van der Waals surface area contributed by atoms with E-state index in [4.69, 9.17) is 4.74 Å². The third-order valence-corrected chi connectivity index (χ3v) is 4.36. The van der Waals surface area contributed by atoms with Crippen LogP contribution in [0.3, 0.4) is 0 Å². The average molecular weight is 366 g/mol. The standard InChI is InChI=1S/C20H22N4O3/c1-3-24-18-10-9-16(11-17(18)22-23-24)20(26)27-13-19(25)21-12-14(2)15-7-5-4-6-8-15/h4-11,14H,3,12-13H2,1-2H3,(H,21,25)/t14-/m0/s1. The molecule has 27 heavy (non-hydrogen) atoms. The summed E-state index contributed by atoms with van der Waals surface area (Å²) in [6.45, 7) is 4.85. The van der Waals surface area contributed by atoms with Crippen LogP contribution in [0.5, 0.6) is 0 Å². The zero-order chi connectivity index (χ0) is 19.2. The molecular weight excluding hydrogens is 344 g/mol. The molecule has 0 unspecified atom stereocenters. The van der Waals surface area contributed by atoms with E-state index in [2.05, 4.69) is 15.6 Å². The number of carbonyl (C=O) groups excluding carboxylic acids is 2. The fourth-order valence-electron chi connectivity index (χ4n) is 2.76. The predicted octanol–water partition coefficient (Wildman–Crippen LogP) is 2.53. The fourth-order valence-corrected chi connectivity index (χ4v) is 2.76. The van der Waals surface area contributed by atoms with Gasteiger partial charge in [0.15, 0.2) is 6.61 Å². The fraction of sp³-hybridized carbons (Fsp3) is 0.300. The highest BCUT2D eigenvalue weighted by Gasteiger charge is 2.13. The highest BCUT2D eigenvalue weighted by molar-refractivity contribution is 5.94. The second kappa shape index (κ2) is 8.44. The van der Waals surface area contributed by atoms with E-state index < -0.39 is 5.97 Å². The SMILES string of the molecule is CCn1nnc2cc(C(=O)OCC(=O)NC[C@H](C)c3ccccc3)ccc21. The van der Waals surface area contributed by atoms with Gasteiger partial charge in [-0.3, -0.25) is 4.79 Å². The molecule has 2 aromatic carbocycles. The van der Waals surface area contributed by atoms with Crippen molar-refractivity contribution in [2.75, 3.05) is 13.2 Å². The van der Waals surface area contributed by atoms with Crippen molar-refractivity contribution in [1.82, 2.24) is 20.3 Å². The second-order valence-electron chi connectivity index (χ2n) is 6.30. The van der Waals surface area contributed by atoms with Crippen molar-refractivity contribution in [3.05, 3.63) is 59.7 Å². The number of benzene rings is 2. The topological polar surface area (TPSA) is 86.1 Å². The van der Waals surface area contributed by atoms with Gasteiger partial charge in [0.05, 0.1) is 11.1 Å². The molecule has 0 spiro atoms. The maximum atomic E-state index is 12.2. The largest absolute Gasteiger partial charge is 0.452 e. The molecule has 0 radical (unpaired) electrons. The van der Waals surface area contributed by atoms with Gasteiger partial charge in [-0.05, 0) is 36.6 Å². The van der Waals surface area contributed by atoms with Crippen molar-refractivity contribution >= 4 is 22.9 Å². The molecular formula is C20H22N4O3. The van der Waals surface area contributed by atoms with Gasteiger partial charge >= 0.3 is 5.97 Å². The van der Waals surface area contributed by atoms with Crippen molar-refractivity contribution in [3.63, 3.8) is 0 Å². The number of ether oxygens (including phenoxy) is 1. The van der Waals surface area contributed by atoms with Gasteiger partial charge in [0.25, 0.3) is 5.91 Å². The first-order valence-corrected chi connectivity index (χ1v) is 8.90. The van der Waals surface area contributed by atoms with E-state index >= 15 is 0 Å². The van der Waals surface area contributed by atoms with Crippen LogP contribution in [0, 0.1) is 0 Å². The molecule has 3 rings (SSSR count). The van der Waals surface area contributed by atoms with E-state index in [-0.39, 0.29) is 18.4 Å². The third-order valence-electron chi connectivity index (χ3n) is 4.36. The van der Waals surface area contributed by atoms with Gasteiger partial charge in [-0.2, -0.15) is 0 Å². The molecule has 1 atom stereocenters. The Kier molecular flexibility index (Phi) is 5.80. The second-order valence-corrected chi connectivity index (χ2v) is 6.30. The Morgan fingerprint density at radius 2 is 1.96 bits per heavy atom. The lowest BCUT2D eigenvalue weighted by Crippen LogP contribution is -2.31. The van der Waals surface area contributed by atoms with Gasteiger partial charge < -0.3 is 10.1 Å². The van der Waals surface area contributed by atoms with Crippen LogP contribution in [-0.4, -0.2) is 40.0 Å². The number of amides is 1. The smallest absolute Gasteiger partial charge is 0.338 e. The first kappa shape index (κ1) is 18.6. The van der Waals surface area contributed by atoms with Gasteiger partial charge in [0.2, 0.25) is 0 Å². The highest BCUT2D eigenvalue weighted by Crippen LogP contribution is 2.15. The third kappa shape index (κ3) is 4.49. The number of esters is 1. The van der Waals surface area contributed by atoms with Crippen LogP contribution >= 0.6 is 0 Å². The van der Waals surface area contributed by atoms with E-state index in [1.807, 2.05) is 44.2 Å². The highest BCUT2D eigenvalue weighted by atomic mass is 16.5. The number of nitrogens with one attached hydrogen (secondary N) is 1. The van der Waals surface area contributed by atoms with Crippen LogP contribution < -0.4 is 5.32 Å². The maximum Gasteiger partial charge on any atom is 0.338 e. The maximum absolute atomic E-state index is 12.2. The Hall–Kier alpha value is -3.22. The summed E-state index contributed by atoms with van der Waals surface area (Å²) in [7, 11) is 0. The van der Waals surface area contributed by atoms with E-state index in [9.17, 15) is 9.59 Å². The summed E-state index contributed by atoms with van der Waals surface area (Å²) >= 11 is 0. The van der Waals surface area contributed by atoms with Crippen molar-refractivity contribution in [2.24, 2.45) is 0 Å². The van der Waals surface area contributed by atoms with E-state index in [0.29, 0.717) is 24.2 Å². The Labute approximate surface area is 157 Å². The summed E-state index contributed by atoms with van der Waals surface area (Å²) in [5, 5.41) is 10.8. The molecule has 1 N–H and O–H groups in total. The van der Waals surface area contributed by atoms with Gasteiger partial charge in [-0.25, -0.2) is 9.48 Å². The molecule has 0 aliphatic carbocycles. The van der Waals surface area contributed by atoms with Crippen LogP contribution in [0.1, 0.15) is 35.7 Å². The summed E-state index contributed by atoms with van der Waals surface area (Å²) in [6, 6.07) is 15.0. The molecule has 0 saturated heterocycles. The molecule has 3 aromatic rings. The lowest BCUT2D eigenvalue weighted by Gasteiger charge is -2.13. The minimum atomic E-state index is -0.561. The van der Waals surface area contributed by atoms with Crippen molar-refractivity contribution in [3.8, 4) is 0 Å². The molecule has 1 aromatic heterocycles. The first-order valence-electron chi connectivity index (χ1n) is 8.90. The predicted molar refractivity (Wildman–Crippen MR) is 101 cm³/mol. The van der Waals surface area contributed by atoms with Gasteiger partial charge in [-0.15, -0.1) is 5.10 Å². The van der Waals surface area contributed by atoms with Gasteiger partial charge in [0.1, 0.15) is 5.52 Å². The van der Waals surface area contributed by atoms with E-state index in [0.717, 1.165) is 11.1 Å². The van der Waals surface area contributed by atoms with Crippen molar-refractivity contribution < 1.29 is 14.3 Å². The summed E-state index contributed by atoms with van der Waals surface area (Å²) in [5.74, 6) is -0.715. The summed E-state index contributed by atoms with van der Waals surface area (Å²) in [6.07, 6.45) is 0. The number of nitrogens with zero attached hydrogens (tertiary/aromatic N) is 3. The average Bonchev–Trinajstić information content (AvgIpc) is 3.13. The number of carbonyl (C=O) groups is 2. The number of hydrogen-bond donors (Lipinski definition) is 1. The number of fused-ring (bicyclic) bond motifs is 1. The van der Waals surface area contributed by atoms with Crippen LogP contribution in [0.15, 0.2) is 48.5 Å². The molecule has 0 aliphatic rings. The molecule has 1 heterocycles. The Balaban J connectivity index is 1.50. The number of hydrogen-bond acceptors (Lipinski definition) is 5. The zero-order valence-electron chi connectivity index (χ0n) is 15.4. The quantitative estimate of drug-likeness (QED) is 0.650. The van der Waals surface area contributed by atoms with Crippen LogP contribution in [0.4, 0.5) is 0 Å². The number of rotatable bonds is 7. The number of aryl methyl sites for hydroxylation is 1. The van der Waals surface area contributed by atoms with Crippen LogP contribution in [0.2, 0.25) is 0 Å². The molecule has 1 amide bonds. The monoisotopic (exact) mass is 366 g/mol. The number of aromatic nitrogens is 3. The molecule has 0 fully saturated rings. The molecule has 140 valence electrons. The van der Waals surface area contributed by atoms with Gasteiger partial charge in [0, 0.05) is 13.1 Å². The Morgan fingerprint density at radius 1 is 1.19 bits per heavy atom. The molecule has 0 aliphatic heterocycles. The van der Waals surface area contributed by atoms with E-state index in [1.165, 1.54) is 0 Å². The van der Waals surface area contributed by atoms with Gasteiger partial charge in [-0.1, -0.05) is 42.5 Å². The zero-order valence-corrected chi connectivity index (χ0v) is 15.4. The first-order chi connectivity index (χ1) is 13.1. The van der Waals surface area contributed by atoms with Crippen molar-refractivity contribution in [1.29, 1.82) is 0 Å². The van der Waals surface area contributed by atoms with Crippen LogP contribution in [0.25, 0.3) is 11.0 Å². The van der Waals surface area contributed by atoms with E-state index in [1.54, 1.807) is 22.9 Å². The molecule has 0 bridgehead atoms. The van der Waals surface area contributed by atoms with Crippen LogP contribution in [-0.2, 0) is 16.1 Å². The lowest BCUT2D eigenvalue weighted by molar-refractivity contribution is -0.124. The summed E-state index contributed by atoms with van der Waals surface area (Å²) < 4.78 is 6.85. The molecule has 7 nitrogen and oxygen atoms in total. The molecule has 7 heteroatoms. The minimum Gasteiger partial charge on any atom is -0.452 e.